The number of ether oxygens (including phenoxy) is 2. The van der Waals surface area contributed by atoms with Crippen LogP contribution in [-0.2, 0) is 6.54 Å². The first-order chi connectivity index (χ1) is 10.5. The molecule has 0 aliphatic heterocycles. The molecule has 0 aliphatic carbocycles. The average molecular weight is 327 g/mol. The van der Waals surface area contributed by atoms with E-state index in [1.54, 1.807) is 0 Å². The minimum absolute atomic E-state index is 0.00176. The molecule has 1 N–H and O–H groups in total. The van der Waals surface area contributed by atoms with Crippen molar-refractivity contribution in [2.45, 2.75) is 6.54 Å². The zero-order valence-corrected chi connectivity index (χ0v) is 12.5. The SMILES string of the molecule is COc1nc(CNC(=O)c2ccc(F)cc2Cl)nc(OC)n1. The summed E-state index contributed by atoms with van der Waals surface area (Å²) in [6.45, 7) is 0.00176. The van der Waals surface area contributed by atoms with Crippen molar-refractivity contribution >= 4 is 17.5 Å². The second-order valence-corrected chi connectivity index (χ2v) is 4.44. The minimum Gasteiger partial charge on any atom is -0.467 e. The van der Waals surface area contributed by atoms with Crippen molar-refractivity contribution in [2.75, 3.05) is 14.2 Å². The molecule has 116 valence electrons. The summed E-state index contributed by atoms with van der Waals surface area (Å²) in [7, 11) is 2.80. The molecule has 0 saturated heterocycles. The number of amides is 1. The number of halogens is 2. The van der Waals surface area contributed by atoms with Crippen LogP contribution in [0.15, 0.2) is 18.2 Å². The Morgan fingerprint density at radius 1 is 1.23 bits per heavy atom. The zero-order chi connectivity index (χ0) is 16.1. The lowest BCUT2D eigenvalue weighted by Crippen LogP contribution is -2.24. The summed E-state index contributed by atoms with van der Waals surface area (Å²) in [5.74, 6) is -0.757. The molecule has 1 heterocycles. The van der Waals surface area contributed by atoms with Crippen molar-refractivity contribution < 1.29 is 18.7 Å². The summed E-state index contributed by atoms with van der Waals surface area (Å²) in [5, 5.41) is 2.59. The first kappa shape index (κ1) is 15.9. The second kappa shape index (κ2) is 6.99. The maximum absolute atomic E-state index is 13.0. The fourth-order valence-electron chi connectivity index (χ4n) is 1.57. The Balaban J connectivity index is 2.10. The van der Waals surface area contributed by atoms with Gasteiger partial charge in [-0.3, -0.25) is 4.79 Å². The van der Waals surface area contributed by atoms with Gasteiger partial charge in [-0.05, 0) is 18.2 Å². The Morgan fingerprint density at radius 2 is 1.86 bits per heavy atom. The molecule has 2 rings (SSSR count). The molecule has 7 nitrogen and oxygen atoms in total. The molecular weight excluding hydrogens is 315 g/mol. The molecule has 0 radical (unpaired) electrons. The van der Waals surface area contributed by atoms with E-state index >= 15 is 0 Å². The molecule has 2 aromatic rings. The number of carbonyl (C=O) groups is 1. The fraction of sp³-hybridized carbons (Fsp3) is 0.231. The molecule has 0 saturated carbocycles. The van der Waals surface area contributed by atoms with Gasteiger partial charge in [-0.15, -0.1) is 4.98 Å². The lowest BCUT2D eigenvalue weighted by Gasteiger charge is -2.07. The molecular formula is C13H12ClFN4O3. The average Bonchev–Trinajstić information content (AvgIpc) is 2.52. The van der Waals surface area contributed by atoms with E-state index in [0.717, 1.165) is 12.1 Å². The summed E-state index contributed by atoms with van der Waals surface area (Å²) in [5.41, 5.74) is 0.149. The number of hydrogen-bond acceptors (Lipinski definition) is 6. The van der Waals surface area contributed by atoms with E-state index in [2.05, 4.69) is 20.3 Å². The van der Waals surface area contributed by atoms with E-state index in [4.69, 9.17) is 21.1 Å². The lowest BCUT2D eigenvalue weighted by atomic mass is 10.2. The van der Waals surface area contributed by atoms with Crippen molar-refractivity contribution in [1.82, 2.24) is 20.3 Å². The molecule has 0 spiro atoms. The van der Waals surface area contributed by atoms with E-state index in [-0.39, 0.29) is 35.0 Å². The second-order valence-electron chi connectivity index (χ2n) is 4.03. The van der Waals surface area contributed by atoms with Crippen LogP contribution in [0.4, 0.5) is 4.39 Å². The number of benzene rings is 1. The van der Waals surface area contributed by atoms with Crippen LogP contribution >= 0.6 is 11.6 Å². The molecule has 0 unspecified atom stereocenters. The van der Waals surface area contributed by atoms with E-state index < -0.39 is 11.7 Å². The monoisotopic (exact) mass is 326 g/mol. The van der Waals surface area contributed by atoms with Gasteiger partial charge in [0, 0.05) is 0 Å². The maximum Gasteiger partial charge on any atom is 0.322 e. The third-order valence-electron chi connectivity index (χ3n) is 2.59. The molecule has 0 bridgehead atoms. The third kappa shape index (κ3) is 3.79. The van der Waals surface area contributed by atoms with Crippen LogP contribution in [0, 0.1) is 5.82 Å². The summed E-state index contributed by atoms with van der Waals surface area (Å²) >= 11 is 5.82. The van der Waals surface area contributed by atoms with Gasteiger partial charge in [-0.2, -0.15) is 9.97 Å². The number of methoxy groups -OCH3 is 2. The minimum atomic E-state index is -0.520. The summed E-state index contributed by atoms with van der Waals surface area (Å²) in [6.07, 6.45) is 0. The summed E-state index contributed by atoms with van der Waals surface area (Å²) in [4.78, 5) is 23.8. The number of carbonyl (C=O) groups excluding carboxylic acids is 1. The zero-order valence-electron chi connectivity index (χ0n) is 11.8. The molecule has 0 fully saturated rings. The van der Waals surface area contributed by atoms with Crippen molar-refractivity contribution in [1.29, 1.82) is 0 Å². The molecule has 1 aromatic carbocycles. The van der Waals surface area contributed by atoms with Crippen molar-refractivity contribution in [3.63, 3.8) is 0 Å². The Labute approximate surface area is 130 Å². The van der Waals surface area contributed by atoms with Crippen molar-refractivity contribution in [3.8, 4) is 12.0 Å². The van der Waals surface area contributed by atoms with E-state index in [1.165, 1.54) is 20.3 Å². The van der Waals surface area contributed by atoms with Gasteiger partial charge in [0.05, 0.1) is 31.4 Å². The van der Waals surface area contributed by atoms with Crippen LogP contribution in [0.25, 0.3) is 0 Å². The Morgan fingerprint density at radius 3 is 2.41 bits per heavy atom. The topological polar surface area (TPSA) is 86.2 Å². The lowest BCUT2D eigenvalue weighted by molar-refractivity contribution is 0.0949. The van der Waals surface area contributed by atoms with Gasteiger partial charge in [0.15, 0.2) is 5.82 Å². The van der Waals surface area contributed by atoms with Crippen molar-refractivity contribution in [3.05, 3.63) is 40.4 Å². The van der Waals surface area contributed by atoms with E-state index in [9.17, 15) is 9.18 Å². The highest BCUT2D eigenvalue weighted by Crippen LogP contribution is 2.17. The van der Waals surface area contributed by atoms with Crippen LogP contribution in [0.2, 0.25) is 5.02 Å². The number of nitrogens with zero attached hydrogens (tertiary/aromatic N) is 3. The standard InChI is InChI=1S/C13H12ClFN4O3/c1-21-12-17-10(18-13(19-12)22-2)6-16-11(20)8-4-3-7(15)5-9(8)14/h3-5H,6H2,1-2H3,(H,16,20). The van der Waals surface area contributed by atoms with Gasteiger partial charge >= 0.3 is 12.0 Å². The van der Waals surface area contributed by atoms with E-state index in [1.807, 2.05) is 0 Å². The Hall–Kier alpha value is -2.48. The number of hydrogen-bond donors (Lipinski definition) is 1. The molecule has 22 heavy (non-hydrogen) atoms. The van der Waals surface area contributed by atoms with Gasteiger partial charge in [-0.25, -0.2) is 4.39 Å². The fourth-order valence-corrected chi connectivity index (χ4v) is 1.82. The van der Waals surface area contributed by atoms with Gasteiger partial charge in [0.1, 0.15) is 5.82 Å². The van der Waals surface area contributed by atoms with Crippen LogP contribution in [0.3, 0.4) is 0 Å². The first-order valence-electron chi connectivity index (χ1n) is 6.09. The molecule has 1 amide bonds. The van der Waals surface area contributed by atoms with Crippen molar-refractivity contribution in [2.24, 2.45) is 0 Å². The molecule has 0 aliphatic rings. The summed E-state index contributed by atoms with van der Waals surface area (Å²) in [6, 6.07) is 3.63. The summed E-state index contributed by atoms with van der Waals surface area (Å²) < 4.78 is 22.8. The third-order valence-corrected chi connectivity index (χ3v) is 2.90. The van der Waals surface area contributed by atoms with Gasteiger partial charge < -0.3 is 14.8 Å². The molecule has 0 atom stereocenters. The predicted octanol–water partition coefficient (Wildman–Crippen LogP) is 1.61. The maximum atomic E-state index is 13.0. The van der Waals surface area contributed by atoms with Crippen LogP contribution < -0.4 is 14.8 Å². The Kier molecular flexibility index (Phi) is 5.05. The van der Waals surface area contributed by atoms with Crippen LogP contribution in [0.1, 0.15) is 16.2 Å². The van der Waals surface area contributed by atoms with Crippen LogP contribution in [-0.4, -0.2) is 35.1 Å². The van der Waals surface area contributed by atoms with Gasteiger partial charge in [0.2, 0.25) is 0 Å². The Bertz CT molecular complexity index is 677. The molecule has 1 aromatic heterocycles. The van der Waals surface area contributed by atoms with E-state index in [0.29, 0.717) is 0 Å². The number of rotatable bonds is 5. The smallest absolute Gasteiger partial charge is 0.322 e. The normalized spacial score (nSPS) is 10.2. The van der Waals surface area contributed by atoms with Gasteiger partial charge in [0.25, 0.3) is 5.91 Å². The quantitative estimate of drug-likeness (QED) is 0.898. The van der Waals surface area contributed by atoms with Crippen LogP contribution in [0.5, 0.6) is 12.0 Å². The highest BCUT2D eigenvalue weighted by atomic mass is 35.5. The largest absolute Gasteiger partial charge is 0.467 e. The van der Waals surface area contributed by atoms with Gasteiger partial charge in [-0.1, -0.05) is 11.6 Å². The first-order valence-corrected chi connectivity index (χ1v) is 6.47. The highest BCUT2D eigenvalue weighted by Gasteiger charge is 2.13. The predicted molar refractivity (Wildman–Crippen MR) is 75.5 cm³/mol. The molecule has 9 heteroatoms. The number of aromatic nitrogens is 3. The highest BCUT2D eigenvalue weighted by molar-refractivity contribution is 6.33. The number of nitrogens with one attached hydrogen (secondary N) is 1.